The predicted molar refractivity (Wildman–Crippen MR) is 106 cm³/mol. The van der Waals surface area contributed by atoms with Crippen molar-refractivity contribution in [2.24, 2.45) is 5.73 Å². The molecule has 0 unspecified atom stereocenters. The Morgan fingerprint density at radius 3 is 2.86 bits per heavy atom. The fraction of sp³-hybridized carbons (Fsp3) is 0.300. The van der Waals surface area contributed by atoms with Crippen molar-refractivity contribution in [2.45, 2.75) is 24.4 Å². The topological polar surface area (TPSA) is 103 Å². The van der Waals surface area contributed by atoms with E-state index in [0.717, 1.165) is 40.4 Å². The molecule has 3 N–H and O–H groups in total. The molecule has 1 fully saturated rings. The zero-order chi connectivity index (χ0) is 19.3. The summed E-state index contributed by atoms with van der Waals surface area (Å²) in [5.41, 5.74) is 9.85. The zero-order valence-corrected chi connectivity index (χ0v) is 15.8. The van der Waals surface area contributed by atoms with E-state index in [1.807, 2.05) is 48.2 Å². The van der Waals surface area contributed by atoms with E-state index >= 15 is 0 Å². The molecular formula is C20H21N7O. The van der Waals surface area contributed by atoms with Crippen LogP contribution in [-0.2, 0) is 5.54 Å². The van der Waals surface area contributed by atoms with Crippen LogP contribution in [0.4, 0.5) is 0 Å². The van der Waals surface area contributed by atoms with Gasteiger partial charge in [-0.3, -0.25) is 0 Å². The average Bonchev–Trinajstić information content (AvgIpc) is 3.13. The van der Waals surface area contributed by atoms with Crippen LogP contribution < -0.4 is 15.8 Å². The first-order valence-corrected chi connectivity index (χ1v) is 9.21. The molecule has 28 heavy (non-hydrogen) atoms. The summed E-state index contributed by atoms with van der Waals surface area (Å²) in [5.74, 6) is 1.24. The largest absolute Gasteiger partial charge is 0.480 e. The van der Waals surface area contributed by atoms with E-state index < -0.39 is 5.54 Å². The first kappa shape index (κ1) is 17.0. The van der Waals surface area contributed by atoms with Crippen LogP contribution in [0, 0.1) is 0 Å². The van der Waals surface area contributed by atoms with Crippen LogP contribution in [0.3, 0.4) is 0 Å². The molecule has 0 radical (unpaired) electrons. The Kier molecular flexibility index (Phi) is 3.78. The lowest BCUT2D eigenvalue weighted by Crippen LogP contribution is -2.57. The van der Waals surface area contributed by atoms with Gasteiger partial charge in [-0.05, 0) is 43.7 Å². The van der Waals surface area contributed by atoms with E-state index in [0.29, 0.717) is 17.7 Å². The van der Waals surface area contributed by atoms with Crippen molar-refractivity contribution >= 4 is 16.4 Å². The molecule has 0 bridgehead atoms. The summed E-state index contributed by atoms with van der Waals surface area (Å²) in [4.78, 5) is 13.1. The van der Waals surface area contributed by atoms with Gasteiger partial charge >= 0.3 is 0 Å². The van der Waals surface area contributed by atoms with Gasteiger partial charge in [-0.25, -0.2) is 19.5 Å². The molecule has 8 nitrogen and oxygen atoms in total. The third-order valence-electron chi connectivity index (χ3n) is 5.59. The molecule has 0 aliphatic heterocycles. The smallest absolute Gasteiger partial charge is 0.224 e. The van der Waals surface area contributed by atoms with Crippen LogP contribution >= 0.6 is 0 Å². The quantitative estimate of drug-likeness (QED) is 0.561. The molecule has 3 heterocycles. The number of nitrogens with two attached hydrogens (primary N) is 1. The van der Waals surface area contributed by atoms with E-state index in [9.17, 15) is 0 Å². The molecule has 1 aromatic carbocycles. The Bertz CT molecular complexity index is 1180. The number of benzene rings is 1. The minimum absolute atomic E-state index is 0.430. The summed E-state index contributed by atoms with van der Waals surface area (Å²) in [6, 6.07) is 8.50. The fourth-order valence-corrected chi connectivity index (χ4v) is 3.94. The van der Waals surface area contributed by atoms with Gasteiger partial charge in [-0.15, -0.1) is 0 Å². The van der Waals surface area contributed by atoms with E-state index in [-0.39, 0.29) is 0 Å². The van der Waals surface area contributed by atoms with Gasteiger partial charge < -0.3 is 15.8 Å². The Labute approximate surface area is 161 Å². The highest BCUT2D eigenvalue weighted by atomic mass is 16.5. The van der Waals surface area contributed by atoms with Gasteiger partial charge in [0.25, 0.3) is 0 Å². The first-order valence-electron chi connectivity index (χ1n) is 9.21. The van der Waals surface area contributed by atoms with Gasteiger partial charge in [0.2, 0.25) is 5.88 Å². The molecule has 3 aromatic heterocycles. The van der Waals surface area contributed by atoms with Gasteiger partial charge in [0.1, 0.15) is 6.33 Å². The second kappa shape index (κ2) is 6.22. The molecule has 0 saturated heterocycles. The number of methoxy groups -OCH3 is 1. The molecular weight excluding hydrogens is 354 g/mol. The van der Waals surface area contributed by atoms with Crippen molar-refractivity contribution in [2.75, 3.05) is 14.2 Å². The summed E-state index contributed by atoms with van der Waals surface area (Å²) in [7, 11) is 3.56. The molecule has 4 aromatic rings. The summed E-state index contributed by atoms with van der Waals surface area (Å²) in [6.07, 6.45) is 6.98. The van der Waals surface area contributed by atoms with Gasteiger partial charge in [-0.1, -0.05) is 6.07 Å². The van der Waals surface area contributed by atoms with Crippen molar-refractivity contribution in [3.63, 3.8) is 0 Å². The Morgan fingerprint density at radius 1 is 1.21 bits per heavy atom. The second-order valence-electron chi connectivity index (χ2n) is 7.31. The fourth-order valence-electron chi connectivity index (χ4n) is 3.94. The van der Waals surface area contributed by atoms with Gasteiger partial charge in [0.05, 0.1) is 35.3 Å². The van der Waals surface area contributed by atoms with Crippen molar-refractivity contribution in [3.05, 3.63) is 48.8 Å². The standard InChI is InChI=1S/C20H21N7O/c1-22-13-8-20(21,9-13)19-23-10-17-14(5-6-27(17)26-19)12-3-4-16-15(7-12)18(28-2)25-11-24-16/h3-7,10-11,13,22H,8-9,21H2,1-2H3. The summed E-state index contributed by atoms with van der Waals surface area (Å²) in [6.45, 7) is 0. The van der Waals surface area contributed by atoms with Crippen LogP contribution in [0.25, 0.3) is 27.5 Å². The Balaban J connectivity index is 1.56. The zero-order valence-electron chi connectivity index (χ0n) is 15.8. The number of rotatable bonds is 4. The van der Waals surface area contributed by atoms with E-state index in [1.54, 1.807) is 7.11 Å². The van der Waals surface area contributed by atoms with Gasteiger partial charge in [0.15, 0.2) is 5.82 Å². The first-order chi connectivity index (χ1) is 13.6. The van der Waals surface area contributed by atoms with Crippen LogP contribution in [0.5, 0.6) is 5.88 Å². The highest BCUT2D eigenvalue weighted by Gasteiger charge is 2.44. The maximum Gasteiger partial charge on any atom is 0.224 e. The number of nitrogens with zero attached hydrogens (tertiary/aromatic N) is 5. The SMILES string of the molecule is CNC1CC(N)(c2ncc3c(-c4ccc5ncnc(OC)c5c4)ccn3n2)C1. The predicted octanol–water partition coefficient (Wildman–Crippen LogP) is 1.88. The maximum atomic E-state index is 6.49. The van der Waals surface area contributed by atoms with Gasteiger partial charge in [0, 0.05) is 17.8 Å². The third kappa shape index (κ3) is 2.53. The van der Waals surface area contributed by atoms with E-state index in [2.05, 4.69) is 25.4 Å². The number of hydrogen-bond donors (Lipinski definition) is 2. The van der Waals surface area contributed by atoms with Crippen molar-refractivity contribution < 1.29 is 4.74 Å². The number of nitrogens with one attached hydrogen (secondary N) is 1. The lowest BCUT2D eigenvalue weighted by molar-refractivity contribution is 0.172. The lowest BCUT2D eigenvalue weighted by atomic mass is 9.73. The molecule has 8 heteroatoms. The molecule has 0 spiro atoms. The van der Waals surface area contributed by atoms with Crippen molar-refractivity contribution in [3.8, 4) is 17.0 Å². The number of hydrogen-bond acceptors (Lipinski definition) is 7. The maximum absolute atomic E-state index is 6.49. The number of aromatic nitrogens is 5. The van der Waals surface area contributed by atoms with Crippen molar-refractivity contribution in [1.29, 1.82) is 0 Å². The molecule has 1 aliphatic rings. The van der Waals surface area contributed by atoms with E-state index in [4.69, 9.17) is 10.5 Å². The van der Waals surface area contributed by atoms with Crippen LogP contribution in [-0.4, -0.2) is 44.8 Å². The highest BCUT2D eigenvalue weighted by Crippen LogP contribution is 2.37. The summed E-state index contributed by atoms with van der Waals surface area (Å²) in [5, 5.41) is 8.80. The lowest BCUT2D eigenvalue weighted by Gasteiger charge is -2.43. The summed E-state index contributed by atoms with van der Waals surface area (Å²) >= 11 is 0. The Morgan fingerprint density at radius 2 is 2.07 bits per heavy atom. The van der Waals surface area contributed by atoms with Gasteiger partial charge in [-0.2, -0.15) is 5.10 Å². The molecule has 0 amide bonds. The monoisotopic (exact) mass is 375 g/mol. The molecule has 0 atom stereocenters. The minimum atomic E-state index is -0.458. The van der Waals surface area contributed by atoms with Crippen molar-refractivity contribution in [1.82, 2.24) is 29.9 Å². The molecule has 1 saturated carbocycles. The average molecular weight is 375 g/mol. The van der Waals surface area contributed by atoms with Crippen LogP contribution in [0.15, 0.2) is 43.0 Å². The Hall–Kier alpha value is -3.10. The molecule has 1 aliphatic carbocycles. The summed E-state index contributed by atoms with van der Waals surface area (Å²) < 4.78 is 7.23. The molecule has 5 rings (SSSR count). The van der Waals surface area contributed by atoms with E-state index in [1.165, 1.54) is 6.33 Å². The minimum Gasteiger partial charge on any atom is -0.480 e. The highest BCUT2D eigenvalue weighted by molar-refractivity contribution is 5.91. The van der Waals surface area contributed by atoms with Crippen LogP contribution in [0.2, 0.25) is 0 Å². The number of ether oxygens (including phenoxy) is 1. The second-order valence-corrected chi connectivity index (χ2v) is 7.31. The third-order valence-corrected chi connectivity index (χ3v) is 5.59. The van der Waals surface area contributed by atoms with Crippen LogP contribution in [0.1, 0.15) is 18.7 Å². The molecule has 142 valence electrons. The number of fused-ring (bicyclic) bond motifs is 2. The normalized spacial score (nSPS) is 21.8.